The molecule has 0 heterocycles. The topological polar surface area (TPSA) is 45.0 Å². The molecule has 0 fully saturated rings. The SMILES string of the molecule is COc1ccc(Nc2cccc(Br)c2C#N)c(C)c1. The molecular weight excluding hydrogens is 304 g/mol. The maximum absolute atomic E-state index is 9.19. The number of halogens is 1. The number of benzene rings is 2. The third-order valence-corrected chi connectivity index (χ3v) is 3.49. The summed E-state index contributed by atoms with van der Waals surface area (Å²) < 4.78 is 5.96. The van der Waals surface area contributed by atoms with Gasteiger partial charge in [-0.3, -0.25) is 0 Å². The lowest BCUT2D eigenvalue weighted by molar-refractivity contribution is 0.414. The van der Waals surface area contributed by atoms with Crippen LogP contribution in [-0.2, 0) is 0 Å². The zero-order valence-electron chi connectivity index (χ0n) is 10.7. The molecule has 2 rings (SSSR count). The summed E-state index contributed by atoms with van der Waals surface area (Å²) in [6, 6.07) is 13.6. The van der Waals surface area contributed by atoms with Crippen LogP contribution in [0.3, 0.4) is 0 Å². The van der Waals surface area contributed by atoms with Gasteiger partial charge >= 0.3 is 0 Å². The predicted molar refractivity (Wildman–Crippen MR) is 79.9 cm³/mol. The summed E-state index contributed by atoms with van der Waals surface area (Å²) in [5.74, 6) is 0.817. The van der Waals surface area contributed by atoms with Gasteiger partial charge in [0, 0.05) is 10.2 Å². The predicted octanol–water partition coefficient (Wildman–Crippen LogP) is 4.38. The largest absolute Gasteiger partial charge is 0.497 e. The lowest BCUT2D eigenvalue weighted by Crippen LogP contribution is -1.97. The fourth-order valence-corrected chi connectivity index (χ4v) is 2.25. The van der Waals surface area contributed by atoms with Crippen LogP contribution in [0.4, 0.5) is 11.4 Å². The van der Waals surface area contributed by atoms with Crippen molar-refractivity contribution >= 4 is 27.3 Å². The molecule has 0 radical (unpaired) electrons. The standard InChI is InChI=1S/C15H13BrN2O/c1-10-8-11(19-2)6-7-14(10)18-15-5-3-4-13(16)12(15)9-17/h3-8,18H,1-2H3. The molecule has 96 valence electrons. The Hall–Kier alpha value is -1.99. The van der Waals surface area contributed by atoms with Crippen LogP contribution >= 0.6 is 15.9 Å². The third kappa shape index (κ3) is 2.88. The molecule has 1 N–H and O–H groups in total. The van der Waals surface area contributed by atoms with Crippen LogP contribution in [0, 0.1) is 18.3 Å². The highest BCUT2D eigenvalue weighted by Crippen LogP contribution is 2.29. The number of methoxy groups -OCH3 is 1. The normalized spacial score (nSPS) is 9.79. The van der Waals surface area contributed by atoms with E-state index in [1.807, 2.05) is 43.3 Å². The molecule has 0 bridgehead atoms. The van der Waals surface area contributed by atoms with E-state index in [2.05, 4.69) is 27.3 Å². The molecule has 4 heteroatoms. The summed E-state index contributed by atoms with van der Waals surface area (Å²) in [6.07, 6.45) is 0. The first kappa shape index (κ1) is 13.4. The molecule has 0 aliphatic rings. The lowest BCUT2D eigenvalue weighted by Gasteiger charge is -2.12. The van der Waals surface area contributed by atoms with E-state index in [-0.39, 0.29) is 0 Å². The molecule has 19 heavy (non-hydrogen) atoms. The Kier molecular flexibility index (Phi) is 4.08. The number of nitriles is 1. The molecule has 3 nitrogen and oxygen atoms in total. The van der Waals surface area contributed by atoms with Crippen molar-refractivity contribution in [3.63, 3.8) is 0 Å². The average Bonchev–Trinajstić information content (AvgIpc) is 2.41. The molecule has 0 amide bonds. The zero-order chi connectivity index (χ0) is 13.8. The molecule has 0 atom stereocenters. The second kappa shape index (κ2) is 5.77. The number of hydrogen-bond donors (Lipinski definition) is 1. The molecular formula is C15H13BrN2O. The average molecular weight is 317 g/mol. The Morgan fingerprint density at radius 3 is 2.63 bits per heavy atom. The van der Waals surface area contributed by atoms with Gasteiger partial charge in [-0.15, -0.1) is 0 Å². The first-order chi connectivity index (χ1) is 9.15. The van der Waals surface area contributed by atoms with Crippen molar-refractivity contribution in [1.82, 2.24) is 0 Å². The van der Waals surface area contributed by atoms with Gasteiger partial charge in [0.1, 0.15) is 11.8 Å². The summed E-state index contributed by atoms with van der Waals surface area (Å²) in [5, 5.41) is 12.5. The highest BCUT2D eigenvalue weighted by molar-refractivity contribution is 9.10. The molecule has 2 aromatic carbocycles. The van der Waals surface area contributed by atoms with Crippen LogP contribution in [-0.4, -0.2) is 7.11 Å². The van der Waals surface area contributed by atoms with Crippen molar-refractivity contribution in [3.05, 3.63) is 52.0 Å². The van der Waals surface area contributed by atoms with Gasteiger partial charge in [-0.2, -0.15) is 5.26 Å². The van der Waals surface area contributed by atoms with Crippen molar-refractivity contribution in [1.29, 1.82) is 5.26 Å². The zero-order valence-corrected chi connectivity index (χ0v) is 12.3. The number of hydrogen-bond acceptors (Lipinski definition) is 3. The van der Waals surface area contributed by atoms with Gasteiger partial charge in [-0.05, 0) is 58.7 Å². The van der Waals surface area contributed by atoms with E-state index in [9.17, 15) is 5.26 Å². The lowest BCUT2D eigenvalue weighted by atomic mass is 10.1. The third-order valence-electron chi connectivity index (χ3n) is 2.83. The Bertz CT molecular complexity index is 647. The summed E-state index contributed by atoms with van der Waals surface area (Å²) >= 11 is 3.38. The first-order valence-corrected chi connectivity index (χ1v) is 6.55. The van der Waals surface area contributed by atoms with Gasteiger partial charge in [0.15, 0.2) is 0 Å². The van der Waals surface area contributed by atoms with Crippen molar-refractivity contribution in [2.75, 3.05) is 12.4 Å². The first-order valence-electron chi connectivity index (χ1n) is 5.76. The fourth-order valence-electron chi connectivity index (χ4n) is 1.79. The highest BCUT2D eigenvalue weighted by Gasteiger charge is 2.07. The molecule has 0 saturated carbocycles. The van der Waals surface area contributed by atoms with E-state index in [0.717, 1.165) is 27.2 Å². The second-order valence-electron chi connectivity index (χ2n) is 4.08. The van der Waals surface area contributed by atoms with Gasteiger partial charge in [0.2, 0.25) is 0 Å². The quantitative estimate of drug-likeness (QED) is 0.913. The van der Waals surface area contributed by atoms with Crippen LogP contribution in [0.25, 0.3) is 0 Å². The minimum atomic E-state index is 0.595. The second-order valence-corrected chi connectivity index (χ2v) is 4.93. The van der Waals surface area contributed by atoms with Crippen LogP contribution in [0.1, 0.15) is 11.1 Å². The number of nitrogens with zero attached hydrogens (tertiary/aromatic N) is 1. The van der Waals surface area contributed by atoms with Crippen LogP contribution in [0.15, 0.2) is 40.9 Å². The maximum Gasteiger partial charge on any atom is 0.119 e. The van der Waals surface area contributed by atoms with Gasteiger partial charge < -0.3 is 10.1 Å². The van der Waals surface area contributed by atoms with E-state index in [0.29, 0.717) is 5.56 Å². The van der Waals surface area contributed by atoms with Crippen molar-refractivity contribution in [3.8, 4) is 11.8 Å². The van der Waals surface area contributed by atoms with E-state index < -0.39 is 0 Å². The molecule has 0 aliphatic carbocycles. The summed E-state index contributed by atoms with van der Waals surface area (Å²) in [5.41, 5.74) is 3.39. The Labute approximate surface area is 121 Å². The van der Waals surface area contributed by atoms with Crippen molar-refractivity contribution < 1.29 is 4.74 Å². The molecule has 0 saturated heterocycles. The van der Waals surface area contributed by atoms with E-state index >= 15 is 0 Å². The van der Waals surface area contributed by atoms with E-state index in [4.69, 9.17) is 4.74 Å². The molecule has 0 aliphatic heterocycles. The highest BCUT2D eigenvalue weighted by atomic mass is 79.9. The molecule has 2 aromatic rings. The van der Waals surface area contributed by atoms with Gasteiger partial charge in [-0.25, -0.2) is 0 Å². The summed E-state index contributed by atoms with van der Waals surface area (Å²) in [6.45, 7) is 1.99. The smallest absolute Gasteiger partial charge is 0.119 e. The number of nitrogens with one attached hydrogen (secondary N) is 1. The van der Waals surface area contributed by atoms with Crippen LogP contribution < -0.4 is 10.1 Å². The molecule has 0 aromatic heterocycles. The van der Waals surface area contributed by atoms with Crippen LogP contribution in [0.5, 0.6) is 5.75 Å². The Morgan fingerprint density at radius 2 is 2.00 bits per heavy atom. The Balaban J connectivity index is 2.37. The van der Waals surface area contributed by atoms with Gasteiger partial charge in [-0.1, -0.05) is 6.07 Å². The monoisotopic (exact) mass is 316 g/mol. The fraction of sp³-hybridized carbons (Fsp3) is 0.133. The maximum atomic E-state index is 9.19. The number of anilines is 2. The summed E-state index contributed by atoms with van der Waals surface area (Å²) in [4.78, 5) is 0. The van der Waals surface area contributed by atoms with Gasteiger partial charge in [0.25, 0.3) is 0 Å². The van der Waals surface area contributed by atoms with E-state index in [1.54, 1.807) is 7.11 Å². The number of ether oxygens (including phenoxy) is 1. The molecule has 0 spiro atoms. The number of rotatable bonds is 3. The van der Waals surface area contributed by atoms with Crippen LogP contribution in [0.2, 0.25) is 0 Å². The number of aryl methyl sites for hydroxylation is 1. The molecule has 0 unspecified atom stereocenters. The van der Waals surface area contributed by atoms with E-state index in [1.165, 1.54) is 0 Å². The minimum absolute atomic E-state index is 0.595. The minimum Gasteiger partial charge on any atom is -0.497 e. The Morgan fingerprint density at radius 1 is 1.21 bits per heavy atom. The van der Waals surface area contributed by atoms with Crippen molar-refractivity contribution in [2.24, 2.45) is 0 Å². The summed E-state index contributed by atoms with van der Waals surface area (Å²) in [7, 11) is 1.64. The van der Waals surface area contributed by atoms with Gasteiger partial charge in [0.05, 0.1) is 18.4 Å². The van der Waals surface area contributed by atoms with Crippen molar-refractivity contribution in [2.45, 2.75) is 6.92 Å².